The Hall–Kier alpha value is -0.280. The van der Waals surface area contributed by atoms with Crippen LogP contribution in [0, 0.1) is 5.92 Å². The molecule has 0 amide bonds. The Kier molecular flexibility index (Phi) is 4.54. The fourth-order valence-electron chi connectivity index (χ4n) is 2.48. The normalized spacial score (nSPS) is 26.3. The Balaban J connectivity index is 1.93. The van der Waals surface area contributed by atoms with Crippen molar-refractivity contribution in [1.29, 1.82) is 0 Å². The van der Waals surface area contributed by atoms with E-state index in [-0.39, 0.29) is 5.41 Å². The molecule has 0 spiro atoms. The molecule has 1 aliphatic carbocycles. The summed E-state index contributed by atoms with van der Waals surface area (Å²) < 4.78 is 5.01. The van der Waals surface area contributed by atoms with E-state index in [2.05, 4.69) is 18.3 Å². The lowest BCUT2D eigenvalue weighted by Crippen LogP contribution is -2.24. The second-order valence-electron chi connectivity index (χ2n) is 5.14. The second kappa shape index (κ2) is 5.79. The van der Waals surface area contributed by atoms with E-state index in [1.807, 2.05) is 12.1 Å². The van der Waals surface area contributed by atoms with Gasteiger partial charge in [-0.25, -0.2) is 0 Å². The van der Waals surface area contributed by atoms with Gasteiger partial charge in [-0.15, -0.1) is 0 Å². The molecule has 100 valence electrons. The molecule has 2 atom stereocenters. The number of nitrogens with one attached hydrogen (secondary N) is 1. The maximum absolute atomic E-state index is 6.28. The molecule has 0 heterocycles. The minimum Gasteiger partial charge on any atom is -0.383 e. The van der Waals surface area contributed by atoms with Crippen LogP contribution in [0.1, 0.15) is 18.9 Å². The van der Waals surface area contributed by atoms with Gasteiger partial charge in [-0.2, -0.15) is 0 Å². The lowest BCUT2D eigenvalue weighted by atomic mass is 9.95. The summed E-state index contributed by atoms with van der Waals surface area (Å²) in [7, 11) is 1.72. The van der Waals surface area contributed by atoms with Crippen molar-refractivity contribution in [2.75, 3.05) is 26.8 Å². The first-order valence-electron chi connectivity index (χ1n) is 6.23. The van der Waals surface area contributed by atoms with Crippen LogP contribution in [0.3, 0.4) is 0 Å². The summed E-state index contributed by atoms with van der Waals surface area (Å²) in [6, 6.07) is 5.80. The molecule has 1 aromatic carbocycles. The fourth-order valence-corrected chi connectivity index (χ4v) is 3.11. The van der Waals surface area contributed by atoms with Crippen molar-refractivity contribution < 1.29 is 4.74 Å². The van der Waals surface area contributed by atoms with E-state index in [0.717, 1.165) is 24.7 Å². The maximum Gasteiger partial charge on any atom is 0.0587 e. The molecule has 2 rings (SSSR count). The summed E-state index contributed by atoms with van der Waals surface area (Å²) in [5.41, 5.74) is 1.41. The van der Waals surface area contributed by atoms with Crippen LogP contribution in [-0.2, 0) is 10.2 Å². The van der Waals surface area contributed by atoms with Gasteiger partial charge in [0.1, 0.15) is 0 Å². The van der Waals surface area contributed by atoms with Crippen LogP contribution in [0.4, 0.5) is 0 Å². The van der Waals surface area contributed by atoms with Gasteiger partial charge in [-0.05, 0) is 42.0 Å². The van der Waals surface area contributed by atoms with Crippen molar-refractivity contribution >= 4 is 23.2 Å². The first-order valence-corrected chi connectivity index (χ1v) is 6.98. The third-order valence-electron chi connectivity index (χ3n) is 3.83. The molecule has 1 saturated carbocycles. The first-order chi connectivity index (χ1) is 8.58. The van der Waals surface area contributed by atoms with E-state index in [0.29, 0.717) is 10.9 Å². The predicted octanol–water partition coefficient (Wildman–Crippen LogP) is 3.51. The summed E-state index contributed by atoms with van der Waals surface area (Å²) in [4.78, 5) is 0. The number of hydrogen-bond donors (Lipinski definition) is 1. The number of rotatable bonds is 6. The Morgan fingerprint density at radius 3 is 2.89 bits per heavy atom. The zero-order chi connectivity index (χ0) is 13.2. The van der Waals surface area contributed by atoms with Crippen molar-refractivity contribution in [3.05, 3.63) is 33.8 Å². The number of ether oxygens (including phenoxy) is 1. The van der Waals surface area contributed by atoms with Crippen molar-refractivity contribution in [3.63, 3.8) is 0 Å². The molecule has 1 aromatic rings. The number of hydrogen-bond acceptors (Lipinski definition) is 2. The smallest absolute Gasteiger partial charge is 0.0587 e. The lowest BCUT2D eigenvalue weighted by Gasteiger charge is -2.14. The minimum atomic E-state index is 0.196. The zero-order valence-electron chi connectivity index (χ0n) is 10.8. The summed E-state index contributed by atoms with van der Waals surface area (Å²) in [5, 5.41) is 4.89. The van der Waals surface area contributed by atoms with E-state index < -0.39 is 0 Å². The van der Waals surface area contributed by atoms with E-state index in [9.17, 15) is 0 Å². The highest BCUT2D eigenvalue weighted by molar-refractivity contribution is 6.35. The van der Waals surface area contributed by atoms with Gasteiger partial charge in [-0.3, -0.25) is 0 Å². The van der Waals surface area contributed by atoms with Crippen LogP contribution in [0.2, 0.25) is 10.0 Å². The van der Waals surface area contributed by atoms with Crippen molar-refractivity contribution in [3.8, 4) is 0 Å². The Labute approximate surface area is 119 Å². The van der Waals surface area contributed by atoms with E-state index in [1.165, 1.54) is 12.0 Å². The first kappa shape index (κ1) is 14.1. The van der Waals surface area contributed by atoms with Gasteiger partial charge in [0.2, 0.25) is 0 Å². The molecule has 0 bridgehead atoms. The van der Waals surface area contributed by atoms with Gasteiger partial charge in [0.15, 0.2) is 0 Å². The maximum atomic E-state index is 6.28. The topological polar surface area (TPSA) is 21.3 Å². The molecule has 4 heteroatoms. The highest BCUT2D eigenvalue weighted by Gasteiger charge is 2.51. The van der Waals surface area contributed by atoms with Crippen LogP contribution in [-0.4, -0.2) is 26.8 Å². The van der Waals surface area contributed by atoms with Crippen molar-refractivity contribution in [2.45, 2.75) is 18.8 Å². The second-order valence-corrected chi connectivity index (χ2v) is 5.98. The van der Waals surface area contributed by atoms with Crippen LogP contribution in [0.5, 0.6) is 0 Å². The quantitative estimate of drug-likeness (QED) is 0.809. The van der Waals surface area contributed by atoms with Gasteiger partial charge >= 0.3 is 0 Å². The number of methoxy groups -OCH3 is 1. The van der Waals surface area contributed by atoms with Gasteiger partial charge < -0.3 is 10.1 Å². The van der Waals surface area contributed by atoms with E-state index in [4.69, 9.17) is 27.9 Å². The summed E-state index contributed by atoms with van der Waals surface area (Å²) in [5.74, 6) is 0.646. The summed E-state index contributed by atoms with van der Waals surface area (Å²) in [6.07, 6.45) is 1.17. The van der Waals surface area contributed by atoms with Gasteiger partial charge in [0, 0.05) is 23.7 Å². The average molecular weight is 288 g/mol. The van der Waals surface area contributed by atoms with Crippen LogP contribution in [0.25, 0.3) is 0 Å². The van der Waals surface area contributed by atoms with Gasteiger partial charge in [-0.1, -0.05) is 36.2 Å². The molecule has 1 N–H and O–H groups in total. The zero-order valence-corrected chi connectivity index (χ0v) is 12.3. The average Bonchev–Trinajstić information content (AvgIpc) is 2.96. The van der Waals surface area contributed by atoms with E-state index in [1.54, 1.807) is 7.11 Å². The largest absolute Gasteiger partial charge is 0.383 e. The minimum absolute atomic E-state index is 0.196. The molecule has 0 radical (unpaired) electrons. The molecule has 2 unspecified atom stereocenters. The lowest BCUT2D eigenvalue weighted by molar-refractivity contribution is 0.199. The number of benzene rings is 1. The fraction of sp³-hybridized carbons (Fsp3) is 0.571. The van der Waals surface area contributed by atoms with E-state index >= 15 is 0 Å². The Bertz CT molecular complexity index is 424. The van der Waals surface area contributed by atoms with Crippen LogP contribution in [0.15, 0.2) is 18.2 Å². The number of halogens is 2. The standard InChI is InChI=1S/C14H19Cl2NO/c1-14(8-10(14)9-17-5-6-18-2)12-4-3-11(15)7-13(12)16/h3-4,7,10,17H,5-6,8-9H2,1-2H3. The predicted molar refractivity (Wildman–Crippen MR) is 76.7 cm³/mol. The molecule has 0 aliphatic heterocycles. The van der Waals surface area contributed by atoms with Gasteiger partial charge in [0.25, 0.3) is 0 Å². The highest BCUT2D eigenvalue weighted by Crippen LogP contribution is 2.55. The van der Waals surface area contributed by atoms with Crippen LogP contribution < -0.4 is 5.32 Å². The SMILES string of the molecule is COCCNCC1CC1(C)c1ccc(Cl)cc1Cl. The molecule has 18 heavy (non-hydrogen) atoms. The van der Waals surface area contributed by atoms with Crippen molar-refractivity contribution in [2.24, 2.45) is 5.92 Å². The molecule has 1 fully saturated rings. The molecule has 2 nitrogen and oxygen atoms in total. The molecular weight excluding hydrogens is 269 g/mol. The highest BCUT2D eigenvalue weighted by atomic mass is 35.5. The summed E-state index contributed by atoms with van der Waals surface area (Å²) >= 11 is 12.2. The Morgan fingerprint density at radius 1 is 1.44 bits per heavy atom. The van der Waals surface area contributed by atoms with Gasteiger partial charge in [0.05, 0.1) is 6.61 Å². The molecular formula is C14H19Cl2NO. The summed E-state index contributed by atoms with van der Waals surface area (Å²) in [6.45, 7) is 4.94. The molecule has 0 aromatic heterocycles. The Morgan fingerprint density at radius 2 is 2.22 bits per heavy atom. The third kappa shape index (κ3) is 3.00. The third-order valence-corrected chi connectivity index (χ3v) is 4.38. The molecule has 0 saturated heterocycles. The van der Waals surface area contributed by atoms with Crippen LogP contribution >= 0.6 is 23.2 Å². The van der Waals surface area contributed by atoms with Crippen molar-refractivity contribution in [1.82, 2.24) is 5.32 Å². The molecule has 1 aliphatic rings. The monoisotopic (exact) mass is 287 g/mol.